The van der Waals surface area contributed by atoms with Gasteiger partial charge >= 0.3 is 0 Å². The van der Waals surface area contributed by atoms with Gasteiger partial charge in [-0.2, -0.15) is 15.5 Å². The van der Waals surface area contributed by atoms with E-state index in [2.05, 4.69) is 11.1 Å². The summed E-state index contributed by atoms with van der Waals surface area (Å²) in [4.78, 5) is 3.89. The predicted molar refractivity (Wildman–Crippen MR) is 74.8 cm³/mol. The number of nitrogens with zero attached hydrogens (tertiary/aromatic N) is 3. The van der Waals surface area contributed by atoms with Crippen molar-refractivity contribution in [2.45, 2.75) is 0 Å². The Bertz CT molecular complexity index is 848. The highest BCUT2D eigenvalue weighted by molar-refractivity contribution is 6.31. The third kappa shape index (κ3) is 1.60. The topological polar surface area (TPSA) is 83.8 Å². The van der Waals surface area contributed by atoms with Crippen molar-refractivity contribution in [1.82, 2.24) is 0 Å². The molecule has 0 unspecified atom stereocenters. The second-order valence-corrected chi connectivity index (χ2v) is 4.35. The van der Waals surface area contributed by atoms with E-state index in [1.165, 1.54) is 0 Å². The number of hydrogen-bond acceptors (Lipinski definition) is 4. The average molecular weight is 256 g/mol. The molecule has 1 aliphatic carbocycles. The molecule has 4 nitrogen and oxygen atoms in total. The zero-order valence-corrected chi connectivity index (χ0v) is 10.4. The molecule has 0 aliphatic heterocycles. The molecular weight excluding hydrogens is 248 g/mol. The number of fused-ring (bicyclic) bond motifs is 2. The van der Waals surface area contributed by atoms with Crippen LogP contribution >= 0.6 is 0 Å². The Morgan fingerprint density at radius 2 is 1.60 bits per heavy atom. The van der Waals surface area contributed by atoms with Crippen LogP contribution < -0.4 is 0 Å². The van der Waals surface area contributed by atoms with Gasteiger partial charge in [0.2, 0.25) is 6.19 Å². The maximum Gasteiger partial charge on any atom is 0.206 e. The van der Waals surface area contributed by atoms with Gasteiger partial charge in [-0.15, -0.1) is 0 Å². The van der Waals surface area contributed by atoms with Crippen molar-refractivity contribution in [3.8, 4) is 12.3 Å². The molecule has 0 aromatic heterocycles. The molecule has 0 saturated carbocycles. The summed E-state index contributed by atoms with van der Waals surface area (Å²) in [5.74, 6) is 0. The maximum absolute atomic E-state index is 9.01. The molecule has 1 aliphatic rings. The summed E-state index contributed by atoms with van der Waals surface area (Å²) >= 11 is 0. The highest BCUT2D eigenvalue weighted by atomic mass is 14.7. The molecule has 20 heavy (non-hydrogen) atoms. The van der Waals surface area contributed by atoms with Crippen molar-refractivity contribution in [3.05, 3.63) is 70.3 Å². The molecule has 0 saturated heterocycles. The number of rotatable bonds is 0. The fraction of sp³-hybridized carbons (Fsp3) is 0. The number of benzene rings is 2. The lowest BCUT2D eigenvalue weighted by Crippen LogP contribution is -2.21. The van der Waals surface area contributed by atoms with Crippen LogP contribution in [0.2, 0.25) is 0 Å². The van der Waals surface area contributed by atoms with Crippen LogP contribution in [-0.4, -0.2) is 11.4 Å². The Labute approximate surface area is 115 Å². The first-order chi connectivity index (χ1) is 9.76. The van der Waals surface area contributed by atoms with Crippen LogP contribution in [0.1, 0.15) is 27.8 Å². The molecule has 0 bridgehead atoms. The van der Waals surface area contributed by atoms with Gasteiger partial charge in [0.15, 0.2) is 0 Å². The highest BCUT2D eigenvalue weighted by Crippen LogP contribution is 2.28. The minimum atomic E-state index is 0.386. The fourth-order valence-corrected chi connectivity index (χ4v) is 2.40. The summed E-state index contributed by atoms with van der Waals surface area (Å²) in [5, 5.41) is 26.2. The van der Waals surface area contributed by atoms with Crippen molar-refractivity contribution in [1.29, 1.82) is 15.9 Å². The summed E-state index contributed by atoms with van der Waals surface area (Å²) in [5.41, 5.74) is 4.25. The standard InChI is InChI=1S/C16H8N4/c17-8-10-5-6-12-14(7-10)16(20-9-18)13-4-2-1-3-11(13)15(12)19/h1-7,19H. The second-order valence-electron chi connectivity index (χ2n) is 4.35. The van der Waals surface area contributed by atoms with E-state index in [1.807, 2.05) is 24.3 Å². The second kappa shape index (κ2) is 4.46. The smallest absolute Gasteiger partial charge is 0.206 e. The van der Waals surface area contributed by atoms with Gasteiger partial charge in [-0.25, -0.2) is 0 Å². The molecule has 0 atom stereocenters. The highest BCUT2D eigenvalue weighted by Gasteiger charge is 2.25. The van der Waals surface area contributed by atoms with Crippen LogP contribution in [0.5, 0.6) is 0 Å². The number of nitriles is 2. The van der Waals surface area contributed by atoms with E-state index in [-0.39, 0.29) is 0 Å². The molecule has 92 valence electrons. The van der Waals surface area contributed by atoms with Gasteiger partial charge in [-0.3, -0.25) is 5.41 Å². The maximum atomic E-state index is 9.01. The first kappa shape index (κ1) is 11.8. The van der Waals surface area contributed by atoms with Gasteiger partial charge in [0.05, 0.1) is 23.1 Å². The van der Waals surface area contributed by atoms with E-state index < -0.39 is 0 Å². The third-order valence-electron chi connectivity index (χ3n) is 3.29. The van der Waals surface area contributed by atoms with Crippen LogP contribution in [0, 0.1) is 28.2 Å². The molecule has 1 N–H and O–H groups in total. The molecule has 0 fully saturated rings. The van der Waals surface area contributed by atoms with E-state index in [0.29, 0.717) is 28.1 Å². The normalized spacial score (nSPS) is 14.1. The fourth-order valence-electron chi connectivity index (χ4n) is 2.40. The average Bonchev–Trinajstić information content (AvgIpc) is 2.51. The van der Waals surface area contributed by atoms with Gasteiger partial charge in [-0.05, 0) is 12.1 Å². The summed E-state index contributed by atoms with van der Waals surface area (Å²) < 4.78 is 0. The van der Waals surface area contributed by atoms with Crippen LogP contribution in [0.25, 0.3) is 0 Å². The Morgan fingerprint density at radius 3 is 2.30 bits per heavy atom. The largest absolute Gasteiger partial charge is 0.300 e. The first-order valence-electron chi connectivity index (χ1n) is 5.96. The SMILES string of the molecule is N#CN=C1c2ccccc2C(=N)c2ccc(C#N)cc21. The van der Waals surface area contributed by atoms with Crippen LogP contribution in [0.15, 0.2) is 47.5 Å². The Hall–Kier alpha value is -3.24. The molecule has 0 radical (unpaired) electrons. The molecule has 4 heteroatoms. The number of nitrogens with one attached hydrogen (secondary N) is 1. The molecule has 3 rings (SSSR count). The minimum Gasteiger partial charge on any atom is -0.300 e. The van der Waals surface area contributed by atoms with Crippen molar-refractivity contribution in [3.63, 3.8) is 0 Å². The van der Waals surface area contributed by atoms with Gasteiger partial charge in [0.25, 0.3) is 0 Å². The number of aliphatic imine (C=N–C) groups is 1. The van der Waals surface area contributed by atoms with E-state index in [9.17, 15) is 0 Å². The zero-order chi connectivity index (χ0) is 14.1. The molecule has 2 aromatic carbocycles. The lowest BCUT2D eigenvalue weighted by Gasteiger charge is -2.21. The van der Waals surface area contributed by atoms with E-state index >= 15 is 0 Å². The van der Waals surface area contributed by atoms with Gasteiger partial charge in [0.1, 0.15) is 0 Å². The van der Waals surface area contributed by atoms with E-state index in [4.69, 9.17) is 15.9 Å². The van der Waals surface area contributed by atoms with Crippen LogP contribution in [-0.2, 0) is 0 Å². The van der Waals surface area contributed by atoms with Gasteiger partial charge < -0.3 is 0 Å². The van der Waals surface area contributed by atoms with Crippen molar-refractivity contribution in [2.24, 2.45) is 4.99 Å². The van der Waals surface area contributed by atoms with Crippen LogP contribution in [0.4, 0.5) is 0 Å². The lowest BCUT2D eigenvalue weighted by atomic mass is 9.82. The first-order valence-corrected chi connectivity index (χ1v) is 5.96. The minimum absolute atomic E-state index is 0.386. The van der Waals surface area contributed by atoms with Gasteiger partial charge in [0, 0.05) is 22.3 Å². The predicted octanol–water partition coefficient (Wildman–Crippen LogP) is 2.61. The van der Waals surface area contributed by atoms with Crippen LogP contribution in [0.3, 0.4) is 0 Å². The quantitative estimate of drug-likeness (QED) is 0.627. The summed E-state index contributed by atoms with van der Waals surface area (Å²) in [6, 6.07) is 14.5. The van der Waals surface area contributed by atoms with Gasteiger partial charge in [-0.1, -0.05) is 30.3 Å². The van der Waals surface area contributed by atoms with Crippen molar-refractivity contribution in [2.75, 3.05) is 0 Å². The van der Waals surface area contributed by atoms with E-state index in [1.54, 1.807) is 24.4 Å². The molecule has 2 aromatic rings. The monoisotopic (exact) mass is 256 g/mol. The Kier molecular flexibility index (Phi) is 2.64. The molecule has 0 spiro atoms. The summed E-state index contributed by atoms with van der Waals surface area (Å²) in [6.07, 6.45) is 1.81. The molecular formula is C16H8N4. The third-order valence-corrected chi connectivity index (χ3v) is 3.29. The zero-order valence-electron chi connectivity index (χ0n) is 10.4. The molecule has 0 heterocycles. The lowest BCUT2D eigenvalue weighted by molar-refractivity contribution is 1.37. The van der Waals surface area contributed by atoms with E-state index in [0.717, 1.165) is 11.1 Å². The summed E-state index contributed by atoms with van der Waals surface area (Å²) in [6.45, 7) is 0. The van der Waals surface area contributed by atoms with Crippen molar-refractivity contribution < 1.29 is 0 Å². The summed E-state index contributed by atoms with van der Waals surface area (Å²) in [7, 11) is 0. The number of hydrogen-bond donors (Lipinski definition) is 1. The Morgan fingerprint density at radius 1 is 0.900 bits per heavy atom. The van der Waals surface area contributed by atoms with Crippen molar-refractivity contribution >= 4 is 11.4 Å². The Balaban J connectivity index is 2.37. The molecule has 0 amide bonds.